The van der Waals surface area contributed by atoms with E-state index in [2.05, 4.69) is 21.9 Å². The molecule has 0 aliphatic rings. The Morgan fingerprint density at radius 3 is 2.25 bits per heavy atom. The maximum absolute atomic E-state index is 3.42. The largest absolute Gasteiger partial charge is 0.410 e. The number of tetrazole rings is 1. The van der Waals surface area contributed by atoms with E-state index in [-0.39, 0.29) is 40.1 Å². The average Bonchev–Trinajstić information content (AvgIpc) is 1.86. The number of hydrogen-bond donors (Lipinski definition) is 0. The molecule has 0 N–H and O–H groups in total. The van der Waals surface area contributed by atoms with Gasteiger partial charge in [-0.3, -0.25) is 0 Å². The van der Waals surface area contributed by atoms with E-state index in [1.54, 1.807) is 7.05 Å². The Hall–Kier alpha value is 0.174. The molecule has 0 amide bonds. The molecule has 1 radical (unpaired) electrons. The number of rotatable bonds is 0. The Morgan fingerprint density at radius 2 is 2.12 bits per heavy atom. The smallest absolute Gasteiger partial charge is 0 e. The van der Waals surface area contributed by atoms with E-state index < -0.39 is 0 Å². The molecule has 4 nitrogen and oxygen atoms in total. The fourth-order valence-corrected chi connectivity index (χ4v) is 0.185. The molecule has 0 aliphatic carbocycles. The molecule has 0 aromatic carbocycles. The van der Waals surface area contributed by atoms with Gasteiger partial charge in [0.25, 0.3) is 0 Å². The van der Waals surface area contributed by atoms with Crippen LogP contribution in [0.3, 0.4) is 0 Å². The van der Waals surface area contributed by atoms with Gasteiger partial charge in [-0.1, -0.05) is 10.4 Å². The van der Waals surface area contributed by atoms with E-state index in [4.69, 9.17) is 0 Å². The Balaban J connectivity index is 0. The van der Waals surface area contributed by atoms with Gasteiger partial charge in [0.05, 0.1) is 0 Å². The minimum Gasteiger partial charge on any atom is -0.410 e. The van der Waals surface area contributed by atoms with Crippen molar-refractivity contribution in [2.24, 2.45) is 7.05 Å². The molecule has 1 aromatic heterocycles. The van der Waals surface area contributed by atoms with Crippen LogP contribution < -0.4 is 0 Å². The minimum atomic E-state index is 0. The predicted molar refractivity (Wildman–Crippen MR) is 24.0 cm³/mol. The van der Waals surface area contributed by atoms with Gasteiger partial charge in [0, 0.05) is 32.7 Å². The third kappa shape index (κ3) is 3.21. The van der Waals surface area contributed by atoms with Crippen LogP contribution in [0.1, 0.15) is 0 Å². The first-order valence-corrected chi connectivity index (χ1v) is 1.49. The molecule has 0 saturated heterocycles. The van der Waals surface area contributed by atoms with Crippen molar-refractivity contribution in [1.29, 1.82) is 0 Å². The van der Waals surface area contributed by atoms with Crippen LogP contribution in [-0.2, 0) is 39.8 Å². The Morgan fingerprint density at radius 1 is 1.50 bits per heavy atom. The zero-order chi connectivity index (χ0) is 4.41. The molecule has 0 aliphatic heterocycles. The molecule has 1 rings (SSSR count). The summed E-state index contributed by atoms with van der Waals surface area (Å²) in [7, 11) is 1.71. The van der Waals surface area contributed by atoms with E-state index >= 15 is 0 Å². The van der Waals surface area contributed by atoms with Gasteiger partial charge in [-0.15, -0.1) is 0 Å². The molecule has 5 heteroatoms. The third-order valence-electron chi connectivity index (χ3n) is 0.408. The number of nitrogens with zero attached hydrogens (tertiary/aromatic N) is 4. The summed E-state index contributed by atoms with van der Waals surface area (Å²) in [6.45, 7) is 0. The van der Waals surface area contributed by atoms with Crippen molar-refractivity contribution < 1.29 is 32.7 Å². The quantitative estimate of drug-likeness (QED) is 0.512. The first-order valence-electron chi connectivity index (χ1n) is 1.49. The van der Waals surface area contributed by atoms with Crippen LogP contribution in [0.2, 0.25) is 0 Å². The second-order valence-electron chi connectivity index (χ2n) is 0.902. The van der Waals surface area contributed by atoms with Gasteiger partial charge in [-0.05, 0) is 7.05 Å². The summed E-state index contributed by atoms with van der Waals surface area (Å²) in [6, 6.07) is 0. The number of aryl methyl sites for hydroxylation is 1. The molecule has 0 atom stereocenters. The maximum Gasteiger partial charge on any atom is 0 e. The maximum atomic E-state index is 3.42. The van der Waals surface area contributed by atoms with Crippen LogP contribution in [0, 0.1) is 13.8 Å². The summed E-state index contributed by atoms with van der Waals surface area (Å²) < 4.78 is 1.40. The monoisotopic (exact) mass is 187 g/mol. The molecule has 8 heavy (non-hydrogen) atoms. The summed E-state index contributed by atoms with van der Waals surface area (Å²) in [4.78, 5) is 0. The first-order chi connectivity index (χ1) is 2.89. The molecule has 1 aromatic rings. The molecule has 0 fully saturated rings. The number of hydrogen-bond acceptors (Lipinski definition) is 3. The van der Waals surface area contributed by atoms with Gasteiger partial charge in [0.2, 0.25) is 0 Å². The Labute approximate surface area is 73.5 Å². The third-order valence-corrected chi connectivity index (χ3v) is 0.408. The van der Waals surface area contributed by atoms with E-state index in [1.165, 1.54) is 4.68 Å². The van der Waals surface area contributed by atoms with Gasteiger partial charge < -0.3 is 17.2 Å². The van der Waals surface area contributed by atoms with Crippen LogP contribution >= 0.6 is 0 Å². The van der Waals surface area contributed by atoms with Gasteiger partial charge >= 0.3 is 0 Å². The van der Waals surface area contributed by atoms with Gasteiger partial charge in [-0.25, -0.2) is 6.33 Å². The fourth-order valence-electron chi connectivity index (χ4n) is 0.185. The van der Waals surface area contributed by atoms with Gasteiger partial charge in [0.15, 0.2) is 0 Å². The second-order valence-corrected chi connectivity index (χ2v) is 0.902. The zero-order valence-electron chi connectivity index (χ0n) is 4.87. The molecule has 0 spiro atoms. The van der Waals surface area contributed by atoms with Crippen molar-refractivity contribution in [1.82, 2.24) is 20.2 Å². The summed E-state index contributed by atoms with van der Waals surface area (Å²) in [5.74, 6) is 0. The average molecular weight is 187 g/mol. The van der Waals surface area contributed by atoms with E-state index in [9.17, 15) is 0 Å². The van der Waals surface area contributed by atoms with Crippen LogP contribution in [-0.4, -0.2) is 20.2 Å². The van der Waals surface area contributed by atoms with E-state index in [1.807, 2.05) is 0 Å². The molecule has 0 saturated carbocycles. The molecule has 43 valence electrons. The normalized spacial score (nSPS) is 6.62. The first kappa shape index (κ1) is 11.0. The zero-order valence-corrected chi connectivity index (χ0v) is 7.70. The second kappa shape index (κ2) is 5.31. The fraction of sp³-hybridized carbons (Fsp3) is 0.333. The molecular formula is C3H6N4Y-2. The minimum absolute atomic E-state index is 0. The summed E-state index contributed by atoms with van der Waals surface area (Å²) in [6.07, 6.45) is 2.44. The SMILES string of the molecule is Cn1[c-]nnn1.[CH3-].[Y]. The van der Waals surface area contributed by atoms with Crippen LogP contribution in [0.5, 0.6) is 0 Å². The summed E-state index contributed by atoms with van der Waals surface area (Å²) in [5.41, 5.74) is 0. The van der Waals surface area contributed by atoms with Gasteiger partial charge in [-0.2, -0.15) is 0 Å². The Bertz CT molecular complexity index is 115. The predicted octanol–water partition coefficient (Wildman–Crippen LogP) is -0.542. The molecule has 0 bridgehead atoms. The molecule has 0 unspecified atom stereocenters. The van der Waals surface area contributed by atoms with Crippen molar-refractivity contribution in [3.63, 3.8) is 0 Å². The standard InChI is InChI=1S/C2H3N4.CH3.Y/c1-6-2-3-4-5-6;;/h1H3;1H3;/q2*-1;. The number of aromatic nitrogens is 4. The van der Waals surface area contributed by atoms with Crippen LogP contribution in [0.15, 0.2) is 0 Å². The molecular weight excluding hydrogens is 181 g/mol. The Kier molecular flexibility index (Phi) is 7.33. The van der Waals surface area contributed by atoms with Crippen molar-refractivity contribution >= 4 is 0 Å². The van der Waals surface area contributed by atoms with Crippen molar-refractivity contribution in [2.75, 3.05) is 0 Å². The van der Waals surface area contributed by atoms with Crippen LogP contribution in [0.4, 0.5) is 0 Å². The van der Waals surface area contributed by atoms with Crippen molar-refractivity contribution in [3.8, 4) is 0 Å². The molecule has 1 heterocycles. The summed E-state index contributed by atoms with van der Waals surface area (Å²) >= 11 is 0. The topological polar surface area (TPSA) is 43.6 Å². The summed E-state index contributed by atoms with van der Waals surface area (Å²) in [5, 5.41) is 9.94. The van der Waals surface area contributed by atoms with E-state index in [0.29, 0.717) is 0 Å². The van der Waals surface area contributed by atoms with Gasteiger partial charge in [0.1, 0.15) is 0 Å². The van der Waals surface area contributed by atoms with Crippen LogP contribution in [0.25, 0.3) is 0 Å². The van der Waals surface area contributed by atoms with Crippen molar-refractivity contribution in [2.45, 2.75) is 0 Å². The van der Waals surface area contributed by atoms with Crippen molar-refractivity contribution in [3.05, 3.63) is 13.8 Å². The van der Waals surface area contributed by atoms with E-state index in [0.717, 1.165) is 0 Å².